The fraction of sp³-hybridized carbons (Fsp3) is 0.812. The minimum absolute atomic E-state index is 0.464. The summed E-state index contributed by atoms with van der Waals surface area (Å²) in [5.74, 6) is 6.56. The number of nitrogens with zero attached hydrogens (tertiary/aromatic N) is 1. The van der Waals surface area contributed by atoms with Gasteiger partial charge in [-0.3, -0.25) is 10.1 Å². The van der Waals surface area contributed by atoms with Crippen LogP contribution in [0.5, 0.6) is 0 Å². The van der Waals surface area contributed by atoms with E-state index in [2.05, 4.69) is 44.2 Å². The molecule has 1 N–H and O–H groups in total. The van der Waals surface area contributed by atoms with Crippen LogP contribution in [0.4, 0.5) is 0 Å². The second-order valence-electron chi connectivity index (χ2n) is 5.99. The zero-order valence-electron chi connectivity index (χ0n) is 13.4. The molecular formula is C16H29N2OP. The van der Waals surface area contributed by atoms with Gasteiger partial charge in [0.1, 0.15) is 8.30 Å². The largest absolute Gasteiger partial charge is 0.342 e. The smallest absolute Gasteiger partial charge is 0.117 e. The van der Waals surface area contributed by atoms with Gasteiger partial charge in [0.25, 0.3) is 0 Å². The molecule has 0 aromatic heterocycles. The van der Waals surface area contributed by atoms with Crippen LogP contribution in [0.1, 0.15) is 53.4 Å². The molecule has 0 heterocycles. The molecule has 0 spiro atoms. The number of nitrogens with one attached hydrogen (secondary N) is 1. The minimum Gasteiger partial charge on any atom is -0.342 e. The Hall–Kier alpha value is -0.420. The summed E-state index contributed by atoms with van der Waals surface area (Å²) in [7, 11) is -0.674. The molecule has 1 aliphatic carbocycles. The molecule has 0 aliphatic heterocycles. The molecule has 1 rings (SSSR count). The summed E-state index contributed by atoms with van der Waals surface area (Å²) in [6.07, 6.45) is 7.26. The van der Waals surface area contributed by atoms with Crippen LogP contribution in [0.2, 0.25) is 0 Å². The third kappa shape index (κ3) is 5.92. The Kier molecular flexibility index (Phi) is 8.38. The van der Waals surface area contributed by atoms with Gasteiger partial charge in [-0.2, -0.15) is 0 Å². The van der Waals surface area contributed by atoms with Crippen LogP contribution in [-0.2, 0) is 4.52 Å². The van der Waals surface area contributed by atoms with Gasteiger partial charge in [0.2, 0.25) is 0 Å². The van der Waals surface area contributed by atoms with Crippen molar-refractivity contribution in [3.05, 3.63) is 0 Å². The van der Waals surface area contributed by atoms with Crippen LogP contribution in [0, 0.1) is 23.2 Å². The van der Waals surface area contributed by atoms with Gasteiger partial charge in [-0.05, 0) is 46.5 Å². The lowest BCUT2D eigenvalue weighted by atomic mass is 10.1. The molecule has 20 heavy (non-hydrogen) atoms. The average Bonchev–Trinajstić information content (AvgIpc) is 2.88. The molecule has 0 bridgehead atoms. The zero-order valence-corrected chi connectivity index (χ0v) is 14.2. The highest BCUT2D eigenvalue weighted by Crippen LogP contribution is 2.45. The van der Waals surface area contributed by atoms with Gasteiger partial charge < -0.3 is 4.52 Å². The van der Waals surface area contributed by atoms with Gasteiger partial charge in [-0.15, -0.1) is 0 Å². The summed E-state index contributed by atoms with van der Waals surface area (Å²) in [6.45, 7) is 9.77. The number of hydrogen-bond acceptors (Lipinski definition) is 3. The monoisotopic (exact) mass is 296 g/mol. The van der Waals surface area contributed by atoms with Crippen LogP contribution >= 0.6 is 8.30 Å². The van der Waals surface area contributed by atoms with Crippen molar-refractivity contribution < 1.29 is 4.52 Å². The first kappa shape index (κ1) is 17.6. The summed E-state index contributed by atoms with van der Waals surface area (Å²) >= 11 is 0. The molecule has 0 aromatic carbocycles. The third-order valence-electron chi connectivity index (χ3n) is 3.64. The molecular weight excluding hydrogens is 267 g/mol. The van der Waals surface area contributed by atoms with Gasteiger partial charge in [0.05, 0.1) is 19.0 Å². The summed E-state index contributed by atoms with van der Waals surface area (Å²) in [5.41, 5.74) is 0. The minimum atomic E-state index is -0.674. The SMILES string of the molecule is CC(C)N(C(C)C)P(CC#CC=N)OCC1CCCC1. The first-order valence-electron chi connectivity index (χ1n) is 7.72. The molecule has 1 aliphatic rings. The Morgan fingerprint density at radius 1 is 1.25 bits per heavy atom. The molecule has 1 unspecified atom stereocenters. The highest BCUT2D eigenvalue weighted by atomic mass is 31.2. The van der Waals surface area contributed by atoms with E-state index in [9.17, 15) is 0 Å². The fourth-order valence-electron chi connectivity index (χ4n) is 2.84. The predicted molar refractivity (Wildman–Crippen MR) is 88.4 cm³/mol. The summed E-state index contributed by atoms with van der Waals surface area (Å²) in [5, 5.41) is 7.02. The fourth-order valence-corrected chi connectivity index (χ4v) is 4.87. The molecule has 4 heteroatoms. The van der Waals surface area contributed by atoms with E-state index in [1.807, 2.05) is 0 Å². The standard InChI is InChI=1S/C16H29N2OP/c1-14(2)18(15(3)4)20(12-8-7-11-17)19-13-16-9-5-6-10-16/h11,14-17H,5-6,9-10,12-13H2,1-4H3. The van der Waals surface area contributed by atoms with E-state index in [0.717, 1.165) is 18.7 Å². The van der Waals surface area contributed by atoms with Crippen molar-refractivity contribution >= 4 is 14.5 Å². The summed E-state index contributed by atoms with van der Waals surface area (Å²) in [4.78, 5) is 0. The lowest BCUT2D eigenvalue weighted by Crippen LogP contribution is -2.34. The average molecular weight is 296 g/mol. The highest BCUT2D eigenvalue weighted by molar-refractivity contribution is 7.50. The predicted octanol–water partition coefficient (Wildman–Crippen LogP) is 4.28. The quantitative estimate of drug-likeness (QED) is 0.432. The van der Waals surface area contributed by atoms with Gasteiger partial charge >= 0.3 is 0 Å². The highest BCUT2D eigenvalue weighted by Gasteiger charge is 2.26. The number of rotatable bonds is 7. The lowest BCUT2D eigenvalue weighted by molar-refractivity contribution is 0.224. The van der Waals surface area contributed by atoms with Crippen molar-refractivity contribution in [3.63, 3.8) is 0 Å². The van der Waals surface area contributed by atoms with E-state index in [4.69, 9.17) is 9.93 Å². The first-order valence-corrected chi connectivity index (χ1v) is 9.12. The normalized spacial score (nSPS) is 17.6. The van der Waals surface area contributed by atoms with Gasteiger partial charge in [0, 0.05) is 12.1 Å². The third-order valence-corrected chi connectivity index (χ3v) is 5.95. The van der Waals surface area contributed by atoms with Crippen molar-refractivity contribution in [2.24, 2.45) is 5.92 Å². The van der Waals surface area contributed by atoms with Crippen molar-refractivity contribution in [2.45, 2.75) is 65.5 Å². The molecule has 0 saturated heterocycles. The zero-order chi connectivity index (χ0) is 15.0. The second kappa shape index (κ2) is 9.50. The van der Waals surface area contributed by atoms with Gasteiger partial charge in [0.15, 0.2) is 0 Å². The Labute approximate surface area is 125 Å². The van der Waals surface area contributed by atoms with E-state index in [0.29, 0.717) is 12.1 Å². The topological polar surface area (TPSA) is 36.3 Å². The molecule has 0 radical (unpaired) electrons. The van der Waals surface area contributed by atoms with Crippen molar-refractivity contribution in [3.8, 4) is 11.8 Å². The van der Waals surface area contributed by atoms with E-state index in [-0.39, 0.29) is 0 Å². The molecule has 0 aromatic rings. The molecule has 3 nitrogen and oxygen atoms in total. The van der Waals surface area contributed by atoms with Gasteiger partial charge in [-0.25, -0.2) is 0 Å². The molecule has 1 atom stereocenters. The van der Waals surface area contributed by atoms with Crippen molar-refractivity contribution in [1.29, 1.82) is 5.41 Å². The van der Waals surface area contributed by atoms with Gasteiger partial charge in [-0.1, -0.05) is 24.7 Å². The maximum Gasteiger partial charge on any atom is 0.117 e. The maximum absolute atomic E-state index is 7.02. The molecule has 1 saturated carbocycles. The number of hydrogen-bond donors (Lipinski definition) is 1. The Morgan fingerprint density at radius 3 is 2.35 bits per heavy atom. The Morgan fingerprint density at radius 2 is 1.85 bits per heavy atom. The van der Waals surface area contributed by atoms with Crippen molar-refractivity contribution in [2.75, 3.05) is 12.8 Å². The van der Waals surface area contributed by atoms with E-state index in [1.165, 1.54) is 31.9 Å². The molecule has 1 fully saturated rings. The first-order chi connectivity index (χ1) is 9.56. The van der Waals surface area contributed by atoms with Crippen LogP contribution in [0.3, 0.4) is 0 Å². The van der Waals surface area contributed by atoms with E-state index in [1.54, 1.807) is 0 Å². The van der Waals surface area contributed by atoms with E-state index >= 15 is 0 Å². The molecule has 0 amide bonds. The van der Waals surface area contributed by atoms with Crippen LogP contribution in [0.25, 0.3) is 0 Å². The maximum atomic E-state index is 7.02. The lowest BCUT2D eigenvalue weighted by Gasteiger charge is -2.36. The van der Waals surface area contributed by atoms with Crippen LogP contribution in [-0.4, -0.2) is 35.7 Å². The second-order valence-corrected chi connectivity index (χ2v) is 7.73. The van der Waals surface area contributed by atoms with E-state index < -0.39 is 8.30 Å². The van der Waals surface area contributed by atoms with Crippen LogP contribution < -0.4 is 0 Å². The van der Waals surface area contributed by atoms with Crippen LogP contribution in [0.15, 0.2) is 0 Å². The Balaban J connectivity index is 2.63. The summed E-state index contributed by atoms with van der Waals surface area (Å²) in [6, 6.07) is 0.929. The van der Waals surface area contributed by atoms with Crippen molar-refractivity contribution in [1.82, 2.24) is 4.67 Å². The Bertz CT molecular complexity index is 332. The molecule has 114 valence electrons. The summed E-state index contributed by atoms with van der Waals surface area (Å²) < 4.78 is 8.72.